The number of hydrogen-bond acceptors (Lipinski definition) is 3. The van der Waals surface area contributed by atoms with Crippen LogP contribution in [0.1, 0.15) is 47.5 Å². The molecule has 0 heterocycles. The fourth-order valence-corrected chi connectivity index (χ4v) is 0.886. The lowest BCUT2D eigenvalue weighted by atomic mass is 10.1. The first-order chi connectivity index (χ1) is 5.87. The Morgan fingerprint density at radius 3 is 2.23 bits per heavy atom. The second-order valence-corrected chi connectivity index (χ2v) is 4.45. The molecular weight excluding hydrogens is 168 g/mol. The average Bonchev–Trinajstić information content (AvgIpc) is 1.99. The quantitative estimate of drug-likeness (QED) is 0.411. The number of rotatable bonds is 5. The van der Waals surface area contributed by atoms with E-state index in [1.807, 2.05) is 27.7 Å². The minimum absolute atomic E-state index is 0.118. The van der Waals surface area contributed by atoms with Crippen LogP contribution in [0.4, 0.5) is 0 Å². The normalized spacial score (nSPS) is 17.1. The molecule has 0 spiro atoms. The van der Waals surface area contributed by atoms with Gasteiger partial charge in [0.25, 0.3) is 0 Å². The summed E-state index contributed by atoms with van der Waals surface area (Å²) in [7, 11) is 0. The lowest BCUT2D eigenvalue weighted by molar-refractivity contribution is -0.417. The molecule has 0 fully saturated rings. The largest absolute Gasteiger partial charge is 0.365 e. The molecule has 0 aliphatic carbocycles. The molecule has 80 valence electrons. The summed E-state index contributed by atoms with van der Waals surface area (Å²) in [5.74, 6) is 0.118. The van der Waals surface area contributed by atoms with Gasteiger partial charge < -0.3 is 5.11 Å². The van der Waals surface area contributed by atoms with Crippen LogP contribution in [-0.4, -0.2) is 17.0 Å². The van der Waals surface area contributed by atoms with Crippen molar-refractivity contribution in [3.63, 3.8) is 0 Å². The summed E-state index contributed by atoms with van der Waals surface area (Å²) in [6.45, 7) is 9.66. The van der Waals surface area contributed by atoms with E-state index in [2.05, 4.69) is 6.92 Å². The van der Waals surface area contributed by atoms with Crippen molar-refractivity contribution in [3.05, 3.63) is 0 Å². The van der Waals surface area contributed by atoms with Crippen LogP contribution in [0.3, 0.4) is 0 Å². The van der Waals surface area contributed by atoms with Crippen LogP contribution in [0.5, 0.6) is 0 Å². The summed E-state index contributed by atoms with van der Waals surface area (Å²) in [4.78, 5) is 9.88. The van der Waals surface area contributed by atoms with Crippen molar-refractivity contribution >= 4 is 0 Å². The molecule has 0 aliphatic rings. The molecular formula is C10H22O3. The Labute approximate surface area is 81.0 Å². The van der Waals surface area contributed by atoms with Crippen LogP contribution < -0.4 is 0 Å². The van der Waals surface area contributed by atoms with Gasteiger partial charge in [0, 0.05) is 5.92 Å². The lowest BCUT2D eigenvalue weighted by Gasteiger charge is -2.23. The van der Waals surface area contributed by atoms with Crippen LogP contribution >= 0.6 is 0 Å². The van der Waals surface area contributed by atoms with Gasteiger partial charge in [0.05, 0.1) is 5.60 Å². The standard InChI is InChI=1S/C10H22O3/c1-6-7-8(2)9(11)12-13-10(3,4)5/h8-9,11H,6-7H2,1-5H3. The molecule has 0 saturated heterocycles. The van der Waals surface area contributed by atoms with Gasteiger partial charge >= 0.3 is 0 Å². The van der Waals surface area contributed by atoms with E-state index >= 15 is 0 Å². The highest BCUT2D eigenvalue weighted by atomic mass is 17.2. The summed E-state index contributed by atoms with van der Waals surface area (Å²) in [6.07, 6.45) is 1.16. The number of hydrogen-bond donors (Lipinski definition) is 1. The van der Waals surface area contributed by atoms with E-state index in [0.29, 0.717) is 0 Å². The molecule has 0 radical (unpaired) electrons. The minimum Gasteiger partial charge on any atom is -0.365 e. The van der Waals surface area contributed by atoms with Crippen LogP contribution in [0, 0.1) is 5.92 Å². The van der Waals surface area contributed by atoms with Gasteiger partial charge in [-0.3, -0.25) is 0 Å². The first kappa shape index (κ1) is 12.9. The molecule has 0 aromatic carbocycles. The SMILES string of the molecule is CCCC(C)C(O)OOC(C)(C)C. The van der Waals surface area contributed by atoms with E-state index in [4.69, 9.17) is 9.78 Å². The highest BCUT2D eigenvalue weighted by Gasteiger charge is 2.19. The van der Waals surface area contributed by atoms with Crippen molar-refractivity contribution in [2.45, 2.75) is 59.4 Å². The molecule has 0 aromatic rings. The average molecular weight is 190 g/mol. The van der Waals surface area contributed by atoms with Crippen molar-refractivity contribution in [2.75, 3.05) is 0 Å². The molecule has 0 saturated carbocycles. The Hall–Kier alpha value is -0.120. The second-order valence-electron chi connectivity index (χ2n) is 4.45. The molecule has 0 amide bonds. The molecule has 0 rings (SSSR count). The molecule has 3 nitrogen and oxygen atoms in total. The zero-order valence-corrected chi connectivity index (χ0v) is 9.33. The third-order valence-electron chi connectivity index (χ3n) is 1.63. The van der Waals surface area contributed by atoms with E-state index < -0.39 is 6.29 Å². The smallest absolute Gasteiger partial charge is 0.191 e. The predicted molar refractivity (Wildman–Crippen MR) is 52.0 cm³/mol. The van der Waals surface area contributed by atoms with Gasteiger partial charge in [-0.2, -0.15) is 0 Å². The molecule has 1 N–H and O–H groups in total. The maximum absolute atomic E-state index is 9.46. The van der Waals surface area contributed by atoms with E-state index in [1.54, 1.807) is 0 Å². The van der Waals surface area contributed by atoms with Crippen LogP contribution in [0.2, 0.25) is 0 Å². The molecule has 0 bridgehead atoms. The monoisotopic (exact) mass is 190 g/mol. The Morgan fingerprint density at radius 1 is 1.31 bits per heavy atom. The highest BCUT2D eigenvalue weighted by molar-refractivity contribution is 4.56. The third kappa shape index (κ3) is 6.99. The van der Waals surface area contributed by atoms with Crippen molar-refractivity contribution in [1.82, 2.24) is 0 Å². The molecule has 2 atom stereocenters. The molecule has 0 aliphatic heterocycles. The fraction of sp³-hybridized carbons (Fsp3) is 1.00. The van der Waals surface area contributed by atoms with Crippen molar-refractivity contribution in [1.29, 1.82) is 0 Å². The summed E-state index contributed by atoms with van der Waals surface area (Å²) in [5.41, 5.74) is -0.368. The summed E-state index contributed by atoms with van der Waals surface area (Å²) in [5, 5.41) is 9.46. The van der Waals surface area contributed by atoms with Gasteiger partial charge in [-0.05, 0) is 27.2 Å². The maximum atomic E-state index is 9.46. The van der Waals surface area contributed by atoms with Crippen molar-refractivity contribution in [2.24, 2.45) is 5.92 Å². The van der Waals surface area contributed by atoms with Gasteiger partial charge in [-0.15, -0.1) is 0 Å². The lowest BCUT2D eigenvalue weighted by Crippen LogP contribution is -2.28. The van der Waals surface area contributed by atoms with Gasteiger partial charge in [-0.1, -0.05) is 20.3 Å². The number of aliphatic hydroxyl groups is 1. The van der Waals surface area contributed by atoms with Gasteiger partial charge in [0.15, 0.2) is 6.29 Å². The van der Waals surface area contributed by atoms with Gasteiger partial charge in [-0.25, -0.2) is 9.78 Å². The molecule has 2 unspecified atom stereocenters. The van der Waals surface area contributed by atoms with Crippen LogP contribution in [0.15, 0.2) is 0 Å². The van der Waals surface area contributed by atoms with Gasteiger partial charge in [0.2, 0.25) is 0 Å². The summed E-state index contributed by atoms with van der Waals surface area (Å²) >= 11 is 0. The Balaban J connectivity index is 3.67. The van der Waals surface area contributed by atoms with E-state index in [9.17, 15) is 5.11 Å². The highest BCUT2D eigenvalue weighted by Crippen LogP contribution is 2.15. The molecule has 0 aromatic heterocycles. The Kier molecular flexibility index (Phi) is 5.53. The van der Waals surface area contributed by atoms with E-state index in [1.165, 1.54) is 0 Å². The molecule has 3 heteroatoms. The van der Waals surface area contributed by atoms with Crippen LogP contribution in [-0.2, 0) is 9.78 Å². The second kappa shape index (κ2) is 5.58. The minimum atomic E-state index is -0.820. The van der Waals surface area contributed by atoms with E-state index in [0.717, 1.165) is 12.8 Å². The van der Waals surface area contributed by atoms with Crippen LogP contribution in [0.25, 0.3) is 0 Å². The van der Waals surface area contributed by atoms with Gasteiger partial charge in [0.1, 0.15) is 0 Å². The predicted octanol–water partition coefficient (Wildman–Crippen LogP) is 2.49. The third-order valence-corrected chi connectivity index (χ3v) is 1.63. The number of aliphatic hydroxyl groups excluding tert-OH is 1. The topological polar surface area (TPSA) is 38.7 Å². The summed E-state index contributed by atoms with van der Waals surface area (Å²) in [6, 6.07) is 0. The summed E-state index contributed by atoms with van der Waals surface area (Å²) < 4.78 is 0. The first-order valence-electron chi connectivity index (χ1n) is 4.89. The fourth-order valence-electron chi connectivity index (χ4n) is 0.886. The first-order valence-corrected chi connectivity index (χ1v) is 4.89. The Morgan fingerprint density at radius 2 is 1.85 bits per heavy atom. The van der Waals surface area contributed by atoms with Crippen molar-refractivity contribution in [3.8, 4) is 0 Å². The van der Waals surface area contributed by atoms with Crippen molar-refractivity contribution < 1.29 is 14.9 Å². The molecule has 13 heavy (non-hydrogen) atoms. The Bertz CT molecular complexity index is 129. The maximum Gasteiger partial charge on any atom is 0.191 e. The van der Waals surface area contributed by atoms with E-state index in [-0.39, 0.29) is 11.5 Å². The zero-order chi connectivity index (χ0) is 10.5. The zero-order valence-electron chi connectivity index (χ0n) is 9.33.